The summed E-state index contributed by atoms with van der Waals surface area (Å²) in [6.07, 6.45) is 0.336. The zero-order chi connectivity index (χ0) is 28.4. The van der Waals surface area contributed by atoms with Crippen LogP contribution in [0.2, 0.25) is 0 Å². The van der Waals surface area contributed by atoms with Crippen LogP contribution in [0.5, 0.6) is 5.75 Å². The first-order valence-corrected chi connectivity index (χ1v) is 15.4. The number of carbonyl (C=O) groups is 1. The molecule has 6 rings (SSSR count). The predicted octanol–water partition coefficient (Wildman–Crippen LogP) is 8.76. The minimum atomic E-state index is -0.914. The van der Waals surface area contributed by atoms with Gasteiger partial charge in [-0.25, -0.2) is 0 Å². The highest BCUT2D eigenvalue weighted by Crippen LogP contribution is 2.45. The molecular weight excluding hydrogens is 519 g/mol. The van der Waals surface area contributed by atoms with Crippen molar-refractivity contribution in [1.82, 2.24) is 0 Å². The average Bonchev–Trinajstić information content (AvgIpc) is 2.97. The van der Waals surface area contributed by atoms with Crippen LogP contribution < -0.4 is 20.7 Å². The standard InChI is InChI=1S/C38H33O2P/c1-38(2,3)26-35(39)40-33-24-22-27-14-10-12-20-31(27)36(33)37-32-21-13-11-15-28(32)23-25-34(37)41(29-16-6-4-7-17-29)30-18-8-5-9-19-30/h4-25H,26H2,1-3H3. The van der Waals surface area contributed by atoms with E-state index >= 15 is 0 Å². The lowest BCUT2D eigenvalue weighted by atomic mass is 9.92. The first-order chi connectivity index (χ1) is 19.9. The number of rotatable bonds is 6. The van der Waals surface area contributed by atoms with Crippen molar-refractivity contribution in [2.45, 2.75) is 27.2 Å². The summed E-state index contributed by atoms with van der Waals surface area (Å²) in [5, 5.41) is 8.27. The van der Waals surface area contributed by atoms with E-state index < -0.39 is 7.92 Å². The summed E-state index contributed by atoms with van der Waals surface area (Å²) in [6.45, 7) is 6.18. The number of esters is 1. The summed E-state index contributed by atoms with van der Waals surface area (Å²) >= 11 is 0. The van der Waals surface area contributed by atoms with Crippen LogP contribution in [-0.4, -0.2) is 5.97 Å². The molecule has 41 heavy (non-hydrogen) atoms. The van der Waals surface area contributed by atoms with Gasteiger partial charge in [0.1, 0.15) is 5.75 Å². The fourth-order valence-electron chi connectivity index (χ4n) is 5.48. The largest absolute Gasteiger partial charge is 0.426 e. The molecule has 0 atom stereocenters. The lowest BCUT2D eigenvalue weighted by Crippen LogP contribution is -2.23. The van der Waals surface area contributed by atoms with E-state index in [1.165, 1.54) is 15.9 Å². The average molecular weight is 553 g/mol. The van der Waals surface area contributed by atoms with E-state index in [9.17, 15) is 4.79 Å². The summed E-state index contributed by atoms with van der Waals surface area (Å²) in [5.41, 5.74) is 1.92. The van der Waals surface area contributed by atoms with E-state index in [1.54, 1.807) is 0 Å². The fourth-order valence-corrected chi connectivity index (χ4v) is 7.95. The number of fused-ring (bicyclic) bond motifs is 2. The Bertz CT molecular complexity index is 1800. The number of benzene rings is 6. The lowest BCUT2D eigenvalue weighted by Gasteiger charge is -2.25. The molecule has 0 unspecified atom stereocenters. The Labute approximate surface area is 243 Å². The van der Waals surface area contributed by atoms with Crippen LogP contribution in [0.15, 0.2) is 133 Å². The van der Waals surface area contributed by atoms with E-state index in [0.717, 1.165) is 32.7 Å². The van der Waals surface area contributed by atoms with Crippen LogP contribution in [-0.2, 0) is 4.79 Å². The molecule has 6 aromatic carbocycles. The first-order valence-electron chi connectivity index (χ1n) is 14.0. The molecule has 0 saturated heterocycles. The van der Waals surface area contributed by atoms with Crippen LogP contribution in [0.1, 0.15) is 27.2 Å². The topological polar surface area (TPSA) is 26.3 Å². The second kappa shape index (κ2) is 11.3. The second-order valence-electron chi connectivity index (χ2n) is 11.6. The SMILES string of the molecule is CC(C)(C)CC(=O)Oc1ccc2ccccc2c1-c1c(P(c2ccccc2)c2ccccc2)ccc2ccccc12. The van der Waals surface area contributed by atoms with Gasteiger partial charge in [0.15, 0.2) is 0 Å². The zero-order valence-electron chi connectivity index (χ0n) is 23.7. The molecule has 0 aliphatic heterocycles. The molecule has 3 heteroatoms. The van der Waals surface area contributed by atoms with Gasteiger partial charge >= 0.3 is 5.97 Å². The van der Waals surface area contributed by atoms with Crippen LogP contribution in [0.4, 0.5) is 0 Å². The summed E-state index contributed by atoms with van der Waals surface area (Å²) in [4.78, 5) is 13.3. The van der Waals surface area contributed by atoms with Crippen molar-refractivity contribution < 1.29 is 9.53 Å². The van der Waals surface area contributed by atoms with Gasteiger partial charge in [0.05, 0.1) is 6.42 Å². The number of ether oxygens (including phenoxy) is 1. The minimum Gasteiger partial charge on any atom is -0.426 e. The minimum absolute atomic E-state index is 0.173. The Morgan fingerprint density at radius 1 is 0.585 bits per heavy atom. The molecule has 0 aliphatic rings. The molecule has 0 bridgehead atoms. The maximum Gasteiger partial charge on any atom is 0.311 e. The molecule has 202 valence electrons. The molecule has 0 spiro atoms. The van der Waals surface area contributed by atoms with Crippen molar-refractivity contribution in [3.63, 3.8) is 0 Å². The van der Waals surface area contributed by atoms with E-state index in [0.29, 0.717) is 12.2 Å². The maximum absolute atomic E-state index is 13.3. The Balaban J connectivity index is 1.69. The maximum atomic E-state index is 13.3. The van der Waals surface area contributed by atoms with Gasteiger partial charge in [-0.15, -0.1) is 0 Å². The normalized spacial score (nSPS) is 11.7. The summed E-state index contributed by atoms with van der Waals surface area (Å²) in [5.74, 6) is 0.385. The molecular formula is C38H33O2P. The van der Waals surface area contributed by atoms with E-state index in [-0.39, 0.29) is 11.4 Å². The van der Waals surface area contributed by atoms with E-state index in [2.05, 4.69) is 148 Å². The van der Waals surface area contributed by atoms with E-state index in [1.807, 2.05) is 6.07 Å². The highest BCUT2D eigenvalue weighted by atomic mass is 31.1. The predicted molar refractivity (Wildman–Crippen MR) is 175 cm³/mol. The van der Waals surface area contributed by atoms with E-state index in [4.69, 9.17) is 4.74 Å². The highest BCUT2D eigenvalue weighted by Gasteiger charge is 2.26. The van der Waals surface area contributed by atoms with Crippen molar-refractivity contribution >= 4 is 51.3 Å². The quantitative estimate of drug-likeness (QED) is 0.117. The first kappa shape index (κ1) is 26.9. The van der Waals surface area contributed by atoms with Crippen LogP contribution >= 0.6 is 7.92 Å². The molecule has 0 N–H and O–H groups in total. The lowest BCUT2D eigenvalue weighted by molar-refractivity contribution is -0.136. The van der Waals surface area contributed by atoms with Gasteiger partial charge < -0.3 is 4.74 Å². The molecule has 2 nitrogen and oxygen atoms in total. The fraction of sp³-hybridized carbons (Fsp3) is 0.132. The van der Waals surface area contributed by atoms with Gasteiger partial charge in [-0.05, 0) is 56.9 Å². The second-order valence-corrected chi connectivity index (χ2v) is 13.7. The van der Waals surface area contributed by atoms with Crippen molar-refractivity contribution in [1.29, 1.82) is 0 Å². The van der Waals surface area contributed by atoms with Gasteiger partial charge in [-0.2, -0.15) is 0 Å². The zero-order valence-corrected chi connectivity index (χ0v) is 24.6. The summed E-state index contributed by atoms with van der Waals surface area (Å²) in [6, 6.07) is 47.0. The summed E-state index contributed by atoms with van der Waals surface area (Å²) in [7, 11) is -0.914. The van der Waals surface area contributed by atoms with Crippen LogP contribution in [0.25, 0.3) is 32.7 Å². The molecule has 0 radical (unpaired) electrons. The third-order valence-electron chi connectivity index (χ3n) is 7.22. The smallest absolute Gasteiger partial charge is 0.311 e. The van der Waals surface area contributed by atoms with Crippen molar-refractivity contribution in [2.24, 2.45) is 5.41 Å². The van der Waals surface area contributed by atoms with Crippen LogP contribution in [0, 0.1) is 5.41 Å². The molecule has 0 aromatic heterocycles. The summed E-state index contributed by atoms with van der Waals surface area (Å²) < 4.78 is 6.25. The number of carbonyl (C=O) groups excluding carboxylic acids is 1. The Kier molecular flexibility index (Phi) is 7.43. The van der Waals surface area contributed by atoms with Crippen molar-refractivity contribution in [2.75, 3.05) is 0 Å². The van der Waals surface area contributed by atoms with Crippen LogP contribution in [0.3, 0.4) is 0 Å². The third-order valence-corrected chi connectivity index (χ3v) is 9.70. The molecule has 0 fully saturated rings. The van der Waals surface area contributed by atoms with Gasteiger partial charge in [0.25, 0.3) is 0 Å². The number of hydrogen-bond acceptors (Lipinski definition) is 2. The van der Waals surface area contributed by atoms with Crippen molar-refractivity contribution in [3.05, 3.63) is 133 Å². The molecule has 0 amide bonds. The van der Waals surface area contributed by atoms with Gasteiger partial charge in [-0.3, -0.25) is 4.79 Å². The Morgan fingerprint density at radius 3 is 1.63 bits per heavy atom. The van der Waals surface area contributed by atoms with Gasteiger partial charge in [0.2, 0.25) is 0 Å². The third kappa shape index (κ3) is 5.67. The monoisotopic (exact) mass is 552 g/mol. The Hall–Kier alpha value is -4.26. The number of hydrogen-bond donors (Lipinski definition) is 0. The Morgan fingerprint density at radius 2 is 1.07 bits per heavy atom. The molecule has 0 saturated carbocycles. The highest BCUT2D eigenvalue weighted by molar-refractivity contribution is 7.80. The van der Waals surface area contributed by atoms with Crippen molar-refractivity contribution in [3.8, 4) is 16.9 Å². The molecule has 6 aromatic rings. The molecule has 0 heterocycles. The van der Waals surface area contributed by atoms with Gasteiger partial charge in [0, 0.05) is 11.1 Å². The molecule has 0 aliphatic carbocycles. The van der Waals surface area contributed by atoms with Gasteiger partial charge in [-0.1, -0.05) is 148 Å².